The second-order valence-electron chi connectivity index (χ2n) is 12.8. The third kappa shape index (κ3) is 3.66. The Morgan fingerprint density at radius 3 is 1.29 bits per heavy atom. The molecule has 49 heavy (non-hydrogen) atoms. The van der Waals surface area contributed by atoms with Gasteiger partial charge in [-0.3, -0.25) is 8.97 Å². The molecule has 0 aliphatic heterocycles. The maximum atomic E-state index is 5.39. The summed E-state index contributed by atoms with van der Waals surface area (Å²) < 4.78 is 7.04. The van der Waals surface area contributed by atoms with Gasteiger partial charge in [-0.1, -0.05) is 121 Å². The van der Waals surface area contributed by atoms with Gasteiger partial charge >= 0.3 is 0 Å². The van der Waals surface area contributed by atoms with Crippen LogP contribution in [0.1, 0.15) is 0 Å². The molecule has 4 aromatic heterocycles. The lowest BCUT2D eigenvalue weighted by Crippen LogP contribution is -1.95. The monoisotopic (exact) mass is 624 g/mol. The molecule has 4 heteroatoms. The van der Waals surface area contributed by atoms with E-state index < -0.39 is 0 Å². The average molecular weight is 625 g/mol. The normalized spacial score (nSPS) is 12.1. The third-order valence-electron chi connectivity index (χ3n) is 10.2. The van der Waals surface area contributed by atoms with Gasteiger partial charge in [0.25, 0.3) is 0 Å². The number of imidazole rings is 1. The highest BCUT2D eigenvalue weighted by Gasteiger charge is 2.21. The lowest BCUT2D eigenvalue weighted by molar-refractivity contribution is 1.15. The lowest BCUT2D eigenvalue weighted by atomic mass is 10.0. The third-order valence-corrected chi connectivity index (χ3v) is 10.2. The highest BCUT2D eigenvalue weighted by molar-refractivity contribution is 6.17. The summed E-state index contributed by atoms with van der Waals surface area (Å²) in [5.74, 6) is 0. The summed E-state index contributed by atoms with van der Waals surface area (Å²) in [5.41, 5.74) is 12.5. The van der Waals surface area contributed by atoms with Gasteiger partial charge in [0.1, 0.15) is 11.2 Å². The van der Waals surface area contributed by atoms with Gasteiger partial charge in [-0.2, -0.15) is 0 Å². The second-order valence-corrected chi connectivity index (χ2v) is 12.8. The molecular weight excluding hydrogens is 597 g/mol. The van der Waals surface area contributed by atoms with Crippen molar-refractivity contribution in [2.24, 2.45) is 0 Å². The predicted octanol–water partition coefficient (Wildman–Crippen LogP) is 11.5. The highest BCUT2D eigenvalue weighted by Crippen LogP contribution is 2.38. The molecule has 0 saturated heterocycles. The summed E-state index contributed by atoms with van der Waals surface area (Å²) in [7, 11) is 0. The van der Waals surface area contributed by atoms with E-state index in [1.165, 1.54) is 54.6 Å². The van der Waals surface area contributed by atoms with E-state index in [1.807, 2.05) is 0 Å². The minimum Gasteiger partial charge on any atom is -0.309 e. The Kier molecular flexibility index (Phi) is 5.35. The van der Waals surface area contributed by atoms with E-state index in [2.05, 4.69) is 183 Å². The van der Waals surface area contributed by atoms with Gasteiger partial charge in [-0.15, -0.1) is 0 Å². The second kappa shape index (κ2) is 9.93. The number of hydrogen-bond acceptors (Lipinski definition) is 1. The SMILES string of the molecule is c1ccc2c(c1)c1ccccc1n1c2nc2c1c1ccccc1n2-c1ccc(-c2ccc(-n3c4ccccc4c4ccccc43)cc2)cc1. The Morgan fingerprint density at radius 1 is 0.306 bits per heavy atom. The quantitative estimate of drug-likeness (QED) is 0.180. The minimum atomic E-state index is 0.964. The molecule has 0 radical (unpaired) electrons. The van der Waals surface area contributed by atoms with E-state index >= 15 is 0 Å². The summed E-state index contributed by atoms with van der Waals surface area (Å²) >= 11 is 0. The average Bonchev–Trinajstić information content (AvgIpc) is 3.83. The molecular formula is C45H28N4. The molecule has 0 aliphatic carbocycles. The fourth-order valence-corrected chi connectivity index (χ4v) is 8.08. The number of para-hydroxylation sites is 4. The smallest absolute Gasteiger partial charge is 0.165 e. The number of benzene rings is 7. The highest BCUT2D eigenvalue weighted by atomic mass is 15.1. The Balaban J connectivity index is 1.06. The minimum absolute atomic E-state index is 0.964. The number of aromatic nitrogens is 4. The van der Waals surface area contributed by atoms with Crippen LogP contribution in [0.3, 0.4) is 0 Å². The Bertz CT molecular complexity index is 3030. The standard InChI is InChI=1S/C45H28N4/c1-2-15-37-33(11-1)34-12-3-9-19-41(34)49-43-38-16-6-10-20-42(38)48(45(43)46-44(37)49)32-27-23-30(24-28-32)29-21-25-31(26-22-29)47-39-17-7-4-13-35(39)36-14-5-8-18-40(36)47/h1-28H. The van der Waals surface area contributed by atoms with Gasteiger partial charge in [0.2, 0.25) is 0 Å². The fourth-order valence-electron chi connectivity index (χ4n) is 8.08. The molecule has 11 aromatic rings. The molecule has 0 unspecified atom stereocenters. The molecule has 0 spiro atoms. The van der Waals surface area contributed by atoms with Gasteiger partial charge in [0, 0.05) is 38.3 Å². The van der Waals surface area contributed by atoms with Crippen LogP contribution in [0.15, 0.2) is 170 Å². The van der Waals surface area contributed by atoms with Crippen molar-refractivity contribution in [2.45, 2.75) is 0 Å². The van der Waals surface area contributed by atoms with Crippen LogP contribution in [-0.2, 0) is 0 Å². The molecule has 0 aliphatic rings. The van der Waals surface area contributed by atoms with Gasteiger partial charge in [-0.05, 0) is 65.0 Å². The Hall–Kier alpha value is -6.65. The molecule has 0 fully saturated rings. The summed E-state index contributed by atoms with van der Waals surface area (Å²) in [6, 6.07) is 61.1. The van der Waals surface area contributed by atoms with Crippen molar-refractivity contribution in [3.8, 4) is 22.5 Å². The molecule has 228 valence electrons. The van der Waals surface area contributed by atoms with Crippen molar-refractivity contribution in [1.82, 2.24) is 18.5 Å². The van der Waals surface area contributed by atoms with Crippen LogP contribution in [0.5, 0.6) is 0 Å². The number of nitrogens with zero attached hydrogens (tertiary/aromatic N) is 4. The topological polar surface area (TPSA) is 27.2 Å². The molecule has 0 bridgehead atoms. The first-order valence-electron chi connectivity index (χ1n) is 16.7. The van der Waals surface area contributed by atoms with E-state index in [4.69, 9.17) is 4.98 Å². The van der Waals surface area contributed by atoms with Crippen LogP contribution in [0.2, 0.25) is 0 Å². The molecule has 0 atom stereocenters. The largest absolute Gasteiger partial charge is 0.309 e. The molecule has 11 rings (SSSR count). The first kappa shape index (κ1) is 26.4. The van der Waals surface area contributed by atoms with Crippen molar-refractivity contribution >= 4 is 71.2 Å². The van der Waals surface area contributed by atoms with Crippen LogP contribution in [0.25, 0.3) is 93.7 Å². The van der Waals surface area contributed by atoms with Crippen molar-refractivity contribution in [2.75, 3.05) is 0 Å². The molecule has 0 amide bonds. The zero-order valence-corrected chi connectivity index (χ0v) is 26.5. The van der Waals surface area contributed by atoms with Gasteiger partial charge < -0.3 is 4.57 Å². The first-order valence-corrected chi connectivity index (χ1v) is 16.7. The summed E-state index contributed by atoms with van der Waals surface area (Å²) in [6.07, 6.45) is 0. The van der Waals surface area contributed by atoms with Crippen LogP contribution >= 0.6 is 0 Å². The summed E-state index contributed by atoms with van der Waals surface area (Å²) in [4.78, 5) is 5.39. The van der Waals surface area contributed by atoms with Crippen LogP contribution < -0.4 is 0 Å². The lowest BCUT2D eigenvalue weighted by Gasteiger charge is -2.11. The van der Waals surface area contributed by atoms with Crippen LogP contribution in [0.4, 0.5) is 0 Å². The van der Waals surface area contributed by atoms with E-state index in [9.17, 15) is 0 Å². The van der Waals surface area contributed by atoms with E-state index in [-0.39, 0.29) is 0 Å². The Labute approximate surface area is 281 Å². The Morgan fingerprint density at radius 2 is 0.714 bits per heavy atom. The summed E-state index contributed by atoms with van der Waals surface area (Å²) in [5, 5.41) is 7.36. The molecule has 4 heterocycles. The number of hydrogen-bond donors (Lipinski definition) is 0. The van der Waals surface area contributed by atoms with Gasteiger partial charge in [0.15, 0.2) is 5.65 Å². The zero-order valence-electron chi connectivity index (χ0n) is 26.5. The number of fused-ring (bicyclic) bond motifs is 13. The number of pyridine rings is 1. The van der Waals surface area contributed by atoms with Gasteiger partial charge in [-0.25, -0.2) is 4.98 Å². The molecule has 0 saturated carbocycles. The first-order chi connectivity index (χ1) is 24.3. The van der Waals surface area contributed by atoms with Crippen molar-refractivity contribution in [3.63, 3.8) is 0 Å². The van der Waals surface area contributed by atoms with Crippen molar-refractivity contribution in [1.29, 1.82) is 0 Å². The summed E-state index contributed by atoms with van der Waals surface area (Å²) in [6.45, 7) is 0. The molecule has 7 aromatic carbocycles. The van der Waals surface area contributed by atoms with E-state index in [0.29, 0.717) is 0 Å². The van der Waals surface area contributed by atoms with Crippen molar-refractivity contribution in [3.05, 3.63) is 170 Å². The predicted molar refractivity (Wildman–Crippen MR) is 204 cm³/mol. The maximum Gasteiger partial charge on any atom is 0.165 e. The zero-order chi connectivity index (χ0) is 32.1. The number of rotatable bonds is 3. The fraction of sp³-hybridized carbons (Fsp3) is 0. The van der Waals surface area contributed by atoms with Crippen LogP contribution in [0, 0.1) is 0 Å². The van der Waals surface area contributed by atoms with Crippen LogP contribution in [-0.4, -0.2) is 18.5 Å². The molecule has 4 nitrogen and oxygen atoms in total. The van der Waals surface area contributed by atoms with Crippen molar-refractivity contribution < 1.29 is 0 Å². The van der Waals surface area contributed by atoms with Gasteiger partial charge in [0.05, 0.1) is 22.1 Å². The molecule has 0 N–H and O–H groups in total. The van der Waals surface area contributed by atoms with E-state index in [1.54, 1.807) is 0 Å². The van der Waals surface area contributed by atoms with E-state index in [0.717, 1.165) is 39.1 Å². The maximum absolute atomic E-state index is 5.39.